The van der Waals surface area contributed by atoms with Crippen LogP contribution in [0, 0.1) is 0 Å². The van der Waals surface area contributed by atoms with Gasteiger partial charge in [0.15, 0.2) is 0 Å². The van der Waals surface area contributed by atoms with Crippen LogP contribution < -0.4 is 16.0 Å². The van der Waals surface area contributed by atoms with Gasteiger partial charge >= 0.3 is 0 Å². The lowest BCUT2D eigenvalue weighted by atomic mass is 9.93. The summed E-state index contributed by atoms with van der Waals surface area (Å²) in [5.41, 5.74) is 2.61. The topological polar surface area (TPSA) is 104 Å². The lowest BCUT2D eigenvalue weighted by Gasteiger charge is -2.26. The smallest absolute Gasteiger partial charge is 0.251 e. The highest BCUT2D eigenvalue weighted by molar-refractivity contribution is 6.00. The van der Waals surface area contributed by atoms with Crippen LogP contribution in [0.3, 0.4) is 0 Å². The Hall–Kier alpha value is -2.80. The zero-order valence-electron chi connectivity index (χ0n) is 15.7. The minimum absolute atomic E-state index is 0.217. The fourth-order valence-corrected chi connectivity index (χ4v) is 4.18. The lowest BCUT2D eigenvalue weighted by Crippen LogP contribution is -2.36. The normalized spacial score (nSPS) is 19.0. The SMILES string of the molecule is O=C(CO)N[C@@H](C1=C(NC2CCCCC2)CNC1=O)c1cccc2ccoc12. The van der Waals surface area contributed by atoms with Crippen LogP contribution in [0.1, 0.15) is 43.7 Å². The third-order valence-corrected chi connectivity index (χ3v) is 5.54. The maximum absolute atomic E-state index is 12.7. The second-order valence-electron chi connectivity index (χ2n) is 7.40. The second-order valence-corrected chi connectivity index (χ2v) is 7.40. The predicted molar refractivity (Wildman–Crippen MR) is 104 cm³/mol. The molecule has 2 amide bonds. The molecule has 4 rings (SSSR count). The molecular weight excluding hydrogens is 358 g/mol. The third kappa shape index (κ3) is 3.62. The van der Waals surface area contributed by atoms with Gasteiger partial charge in [-0.1, -0.05) is 37.5 Å². The molecule has 0 unspecified atom stereocenters. The number of carbonyl (C=O) groups excluding carboxylic acids is 2. The third-order valence-electron chi connectivity index (χ3n) is 5.54. The fraction of sp³-hybridized carbons (Fsp3) is 0.429. The molecule has 1 aromatic heterocycles. The molecule has 2 heterocycles. The molecule has 2 aliphatic rings. The van der Waals surface area contributed by atoms with Crippen LogP contribution in [-0.4, -0.2) is 36.1 Å². The van der Waals surface area contributed by atoms with Crippen molar-refractivity contribution in [1.29, 1.82) is 0 Å². The molecule has 7 nitrogen and oxygen atoms in total. The molecule has 0 spiro atoms. The number of amides is 2. The zero-order valence-corrected chi connectivity index (χ0v) is 15.7. The fourth-order valence-electron chi connectivity index (χ4n) is 4.18. The number of fused-ring (bicyclic) bond motifs is 1. The molecule has 1 saturated carbocycles. The molecule has 0 bridgehead atoms. The van der Waals surface area contributed by atoms with Crippen LogP contribution in [0.15, 0.2) is 46.2 Å². The minimum Gasteiger partial charge on any atom is -0.464 e. The summed E-state index contributed by atoms with van der Waals surface area (Å²) in [6, 6.07) is 7.09. The number of hydrogen-bond donors (Lipinski definition) is 4. The van der Waals surface area contributed by atoms with E-state index in [9.17, 15) is 14.7 Å². The van der Waals surface area contributed by atoms with Crippen molar-refractivity contribution in [1.82, 2.24) is 16.0 Å². The molecular formula is C21H25N3O4. The van der Waals surface area contributed by atoms with E-state index >= 15 is 0 Å². The van der Waals surface area contributed by atoms with E-state index in [4.69, 9.17) is 4.42 Å². The number of para-hydroxylation sites is 1. The summed E-state index contributed by atoms with van der Waals surface area (Å²) >= 11 is 0. The Morgan fingerprint density at radius 1 is 1.25 bits per heavy atom. The van der Waals surface area contributed by atoms with Gasteiger partial charge in [-0.05, 0) is 18.9 Å². The highest BCUT2D eigenvalue weighted by Gasteiger charge is 2.34. The molecule has 2 aromatic rings. The summed E-state index contributed by atoms with van der Waals surface area (Å²) in [6.45, 7) is -0.241. The molecule has 148 valence electrons. The van der Waals surface area contributed by atoms with Crippen molar-refractivity contribution in [2.75, 3.05) is 13.2 Å². The molecule has 4 N–H and O–H groups in total. The van der Waals surface area contributed by atoms with E-state index in [1.807, 2.05) is 24.3 Å². The van der Waals surface area contributed by atoms with Gasteiger partial charge in [-0.25, -0.2) is 0 Å². The number of benzene rings is 1. The largest absolute Gasteiger partial charge is 0.464 e. The maximum Gasteiger partial charge on any atom is 0.251 e. The number of carbonyl (C=O) groups is 2. The van der Waals surface area contributed by atoms with E-state index < -0.39 is 18.6 Å². The molecule has 1 aliphatic carbocycles. The quantitative estimate of drug-likeness (QED) is 0.610. The molecule has 1 atom stereocenters. The van der Waals surface area contributed by atoms with Crippen molar-refractivity contribution in [3.63, 3.8) is 0 Å². The molecule has 1 fully saturated rings. The average Bonchev–Trinajstić information content (AvgIpc) is 3.33. The molecule has 0 saturated heterocycles. The van der Waals surface area contributed by atoms with Gasteiger partial charge in [-0.3, -0.25) is 9.59 Å². The summed E-state index contributed by atoms with van der Waals surface area (Å²) in [4.78, 5) is 24.8. The van der Waals surface area contributed by atoms with Crippen LogP contribution in [0.5, 0.6) is 0 Å². The van der Waals surface area contributed by atoms with Crippen LogP contribution in [0.25, 0.3) is 11.0 Å². The van der Waals surface area contributed by atoms with E-state index in [-0.39, 0.29) is 5.91 Å². The van der Waals surface area contributed by atoms with Crippen molar-refractivity contribution < 1.29 is 19.1 Å². The Bertz CT molecular complexity index is 911. The summed E-state index contributed by atoms with van der Waals surface area (Å²) in [7, 11) is 0. The Kier molecular flexibility index (Phi) is 5.34. The lowest BCUT2D eigenvalue weighted by molar-refractivity contribution is -0.124. The van der Waals surface area contributed by atoms with Crippen molar-refractivity contribution in [2.24, 2.45) is 0 Å². The molecule has 0 radical (unpaired) electrons. The minimum atomic E-state index is -0.705. The van der Waals surface area contributed by atoms with Gasteiger partial charge in [0, 0.05) is 22.7 Å². The number of furan rings is 1. The summed E-state index contributed by atoms with van der Waals surface area (Å²) < 4.78 is 5.64. The first kappa shape index (κ1) is 18.6. The first-order valence-electron chi connectivity index (χ1n) is 9.81. The first-order valence-corrected chi connectivity index (χ1v) is 9.81. The molecule has 7 heteroatoms. The van der Waals surface area contributed by atoms with Crippen LogP contribution >= 0.6 is 0 Å². The Balaban J connectivity index is 1.75. The first-order chi connectivity index (χ1) is 13.7. The summed E-state index contributed by atoms with van der Waals surface area (Å²) in [6.07, 6.45) is 7.34. The Morgan fingerprint density at radius 3 is 2.86 bits per heavy atom. The van der Waals surface area contributed by atoms with Crippen molar-refractivity contribution in [2.45, 2.75) is 44.2 Å². The van der Waals surface area contributed by atoms with E-state index in [0.717, 1.165) is 23.9 Å². The Labute approximate surface area is 163 Å². The maximum atomic E-state index is 12.7. The van der Waals surface area contributed by atoms with Crippen molar-refractivity contribution in [3.8, 4) is 0 Å². The van der Waals surface area contributed by atoms with Gasteiger partial charge in [0.2, 0.25) is 5.91 Å². The second kappa shape index (κ2) is 8.06. The number of nitrogens with one attached hydrogen (secondary N) is 3. The monoisotopic (exact) mass is 383 g/mol. The average molecular weight is 383 g/mol. The van der Waals surface area contributed by atoms with Crippen LogP contribution in [0.4, 0.5) is 0 Å². The summed E-state index contributed by atoms with van der Waals surface area (Å²) in [5.74, 6) is -0.761. The molecule has 1 aromatic carbocycles. The van der Waals surface area contributed by atoms with E-state index in [0.29, 0.717) is 29.3 Å². The number of hydrogen-bond acceptors (Lipinski definition) is 5. The van der Waals surface area contributed by atoms with Crippen LogP contribution in [0.2, 0.25) is 0 Å². The number of rotatable bonds is 6. The van der Waals surface area contributed by atoms with Gasteiger partial charge in [0.25, 0.3) is 5.91 Å². The summed E-state index contributed by atoms with van der Waals surface area (Å²) in [5, 5.41) is 19.4. The highest BCUT2D eigenvalue weighted by atomic mass is 16.3. The van der Waals surface area contributed by atoms with Gasteiger partial charge in [0.05, 0.1) is 24.4 Å². The van der Waals surface area contributed by atoms with Gasteiger partial charge in [-0.2, -0.15) is 0 Å². The van der Waals surface area contributed by atoms with Crippen molar-refractivity contribution in [3.05, 3.63) is 47.4 Å². The van der Waals surface area contributed by atoms with Gasteiger partial charge in [-0.15, -0.1) is 0 Å². The zero-order chi connectivity index (χ0) is 19.5. The molecule has 1 aliphatic heterocycles. The van der Waals surface area contributed by atoms with Gasteiger partial charge in [0.1, 0.15) is 12.2 Å². The molecule has 28 heavy (non-hydrogen) atoms. The van der Waals surface area contributed by atoms with E-state index in [1.165, 1.54) is 19.3 Å². The van der Waals surface area contributed by atoms with E-state index in [2.05, 4.69) is 16.0 Å². The highest BCUT2D eigenvalue weighted by Crippen LogP contribution is 2.33. The number of aliphatic hydroxyl groups is 1. The standard InChI is InChI=1S/C21H25N3O4/c25-12-17(26)24-19(15-8-4-5-13-9-10-28-20(13)15)18-16(11-22-21(18)27)23-14-6-2-1-3-7-14/h4-5,8-10,14,19,23,25H,1-3,6-7,11-12H2,(H,22,27)(H,24,26)/t19-/m1/s1. The predicted octanol–water partition coefficient (Wildman–Crippen LogP) is 1.89. The van der Waals surface area contributed by atoms with Crippen molar-refractivity contribution >= 4 is 22.8 Å². The number of aliphatic hydroxyl groups excluding tert-OH is 1. The van der Waals surface area contributed by atoms with E-state index in [1.54, 1.807) is 6.26 Å². The Morgan fingerprint density at radius 2 is 2.07 bits per heavy atom. The van der Waals surface area contributed by atoms with Crippen LogP contribution in [-0.2, 0) is 9.59 Å². The van der Waals surface area contributed by atoms with Gasteiger partial charge < -0.3 is 25.5 Å².